The number of sulfonamides is 1. The topological polar surface area (TPSA) is 101 Å². The van der Waals surface area contributed by atoms with E-state index in [0.29, 0.717) is 12.2 Å². The number of nitrogens with zero attached hydrogens (tertiary/aromatic N) is 1. The van der Waals surface area contributed by atoms with Gasteiger partial charge in [0.25, 0.3) is 0 Å². The summed E-state index contributed by atoms with van der Waals surface area (Å²) in [6, 6.07) is 1.54. The number of hydrogen-bond acceptors (Lipinski definition) is 5. The van der Waals surface area contributed by atoms with Crippen LogP contribution < -0.4 is 10.5 Å². The third-order valence-corrected chi connectivity index (χ3v) is 5.11. The Morgan fingerprint density at radius 1 is 1.58 bits per heavy atom. The fourth-order valence-electron chi connectivity index (χ4n) is 1.58. The highest BCUT2D eigenvalue weighted by atomic mass is 32.2. The Morgan fingerprint density at radius 3 is 2.95 bits per heavy atom. The maximum Gasteiger partial charge on any atom is 0.242 e. The van der Waals surface area contributed by atoms with Crippen molar-refractivity contribution in [3.63, 3.8) is 0 Å². The van der Waals surface area contributed by atoms with Gasteiger partial charge in [0.05, 0.1) is 9.90 Å². The van der Waals surface area contributed by atoms with Crippen LogP contribution in [0.2, 0.25) is 0 Å². The smallest absolute Gasteiger partial charge is 0.242 e. The van der Waals surface area contributed by atoms with Crippen LogP contribution in [-0.4, -0.2) is 24.9 Å². The molecule has 2 aromatic heterocycles. The van der Waals surface area contributed by atoms with Crippen LogP contribution in [0.4, 0.5) is 0 Å². The summed E-state index contributed by atoms with van der Waals surface area (Å²) in [5.74, 6) is 0.0442. The maximum absolute atomic E-state index is 12.0. The minimum Gasteiger partial charge on any atom is -0.363 e. The zero-order chi connectivity index (χ0) is 13.9. The molecule has 0 amide bonds. The van der Waals surface area contributed by atoms with Crippen molar-refractivity contribution in [2.75, 3.05) is 6.54 Å². The van der Waals surface area contributed by atoms with Crippen LogP contribution in [0.3, 0.4) is 0 Å². The van der Waals surface area contributed by atoms with E-state index in [4.69, 9.17) is 5.73 Å². The molecule has 1 atom stereocenters. The first-order valence-electron chi connectivity index (χ1n) is 5.79. The maximum atomic E-state index is 12.0. The van der Waals surface area contributed by atoms with E-state index in [2.05, 4.69) is 14.7 Å². The molecule has 19 heavy (non-hydrogen) atoms. The van der Waals surface area contributed by atoms with Gasteiger partial charge in [0.2, 0.25) is 10.0 Å². The quantitative estimate of drug-likeness (QED) is 0.741. The number of nitrogens with two attached hydrogens (primary N) is 1. The first-order chi connectivity index (χ1) is 9.03. The first kappa shape index (κ1) is 14.2. The molecule has 0 saturated heterocycles. The van der Waals surface area contributed by atoms with Crippen LogP contribution in [0, 0.1) is 0 Å². The fraction of sp³-hybridized carbons (Fsp3) is 0.364. The monoisotopic (exact) mass is 300 g/mol. The van der Waals surface area contributed by atoms with Crippen LogP contribution >= 0.6 is 11.3 Å². The lowest BCUT2D eigenvalue weighted by Gasteiger charge is -2.09. The molecule has 0 saturated carbocycles. The molecule has 2 rings (SSSR count). The molecule has 2 aromatic rings. The first-order valence-corrected chi connectivity index (χ1v) is 8.15. The number of aromatic amines is 1. The standard InChI is InChI=1S/C11H16N4O2S2/c1-8(11-13-2-3-18-11)6-15-19(16,17)10-4-9(5-12)14-7-10/h2-4,7-8,14-15H,5-6,12H2,1H3. The molecule has 0 aliphatic heterocycles. The van der Waals surface area contributed by atoms with Crippen molar-refractivity contribution in [2.45, 2.75) is 24.3 Å². The molecule has 8 heteroatoms. The second-order valence-corrected chi connectivity index (χ2v) is 6.88. The Balaban J connectivity index is 2.01. The van der Waals surface area contributed by atoms with Crippen LogP contribution in [0.15, 0.2) is 28.7 Å². The predicted octanol–water partition coefficient (Wildman–Crippen LogP) is 1.01. The Bertz CT molecular complexity index is 619. The van der Waals surface area contributed by atoms with E-state index >= 15 is 0 Å². The summed E-state index contributed by atoms with van der Waals surface area (Å²) in [4.78, 5) is 7.20. The van der Waals surface area contributed by atoms with Crippen molar-refractivity contribution in [2.24, 2.45) is 5.73 Å². The molecule has 104 valence electrons. The van der Waals surface area contributed by atoms with Crippen molar-refractivity contribution in [1.29, 1.82) is 0 Å². The van der Waals surface area contributed by atoms with Crippen molar-refractivity contribution in [1.82, 2.24) is 14.7 Å². The summed E-state index contributed by atoms with van der Waals surface area (Å²) in [6.07, 6.45) is 3.16. The molecule has 0 fully saturated rings. The largest absolute Gasteiger partial charge is 0.363 e. The molecule has 6 nitrogen and oxygen atoms in total. The Kier molecular flexibility index (Phi) is 4.35. The number of aromatic nitrogens is 2. The van der Waals surface area contributed by atoms with Gasteiger partial charge in [0, 0.05) is 42.5 Å². The van der Waals surface area contributed by atoms with Crippen LogP contribution in [-0.2, 0) is 16.6 Å². The second kappa shape index (κ2) is 5.83. The summed E-state index contributed by atoms with van der Waals surface area (Å²) < 4.78 is 26.7. The van der Waals surface area contributed by atoms with Crippen molar-refractivity contribution < 1.29 is 8.42 Å². The van der Waals surface area contributed by atoms with E-state index in [-0.39, 0.29) is 17.4 Å². The third kappa shape index (κ3) is 3.41. The number of nitrogens with one attached hydrogen (secondary N) is 2. The fourth-order valence-corrected chi connectivity index (χ4v) is 3.42. The van der Waals surface area contributed by atoms with Gasteiger partial charge in [0.15, 0.2) is 0 Å². The van der Waals surface area contributed by atoms with E-state index in [0.717, 1.165) is 5.01 Å². The molecule has 1 unspecified atom stereocenters. The normalized spacial score (nSPS) is 13.6. The van der Waals surface area contributed by atoms with Gasteiger partial charge in [-0.05, 0) is 6.07 Å². The van der Waals surface area contributed by atoms with E-state index in [1.165, 1.54) is 23.6 Å². The Morgan fingerprint density at radius 2 is 2.37 bits per heavy atom. The van der Waals surface area contributed by atoms with Crippen LogP contribution in [0.5, 0.6) is 0 Å². The van der Waals surface area contributed by atoms with Crippen molar-refractivity contribution in [3.05, 3.63) is 34.5 Å². The van der Waals surface area contributed by atoms with Gasteiger partial charge < -0.3 is 10.7 Å². The summed E-state index contributed by atoms with van der Waals surface area (Å²) in [5.41, 5.74) is 6.13. The highest BCUT2D eigenvalue weighted by Crippen LogP contribution is 2.17. The summed E-state index contributed by atoms with van der Waals surface area (Å²) in [5, 5.41) is 2.79. The molecule has 0 aliphatic carbocycles. The predicted molar refractivity (Wildman–Crippen MR) is 74.4 cm³/mol. The van der Waals surface area contributed by atoms with Gasteiger partial charge in [-0.25, -0.2) is 18.1 Å². The number of hydrogen-bond donors (Lipinski definition) is 3. The molecular weight excluding hydrogens is 284 g/mol. The van der Waals surface area contributed by atoms with E-state index in [9.17, 15) is 8.42 Å². The summed E-state index contributed by atoms with van der Waals surface area (Å²) in [7, 11) is -3.50. The highest BCUT2D eigenvalue weighted by molar-refractivity contribution is 7.89. The zero-order valence-electron chi connectivity index (χ0n) is 10.5. The molecule has 2 heterocycles. The van der Waals surface area contributed by atoms with Gasteiger partial charge in [-0.1, -0.05) is 6.92 Å². The van der Waals surface area contributed by atoms with Gasteiger partial charge in [-0.3, -0.25) is 0 Å². The number of H-pyrrole nitrogens is 1. The molecule has 0 aromatic carbocycles. The second-order valence-electron chi connectivity index (χ2n) is 4.19. The number of thiazole rings is 1. The summed E-state index contributed by atoms with van der Waals surface area (Å²) in [6.45, 7) is 2.54. The van der Waals surface area contributed by atoms with Gasteiger partial charge in [-0.2, -0.15) is 0 Å². The SMILES string of the molecule is CC(CNS(=O)(=O)c1c[nH]c(CN)c1)c1nccs1. The Labute approximate surface area is 116 Å². The average molecular weight is 300 g/mol. The molecule has 0 bridgehead atoms. The van der Waals surface area contributed by atoms with E-state index < -0.39 is 10.0 Å². The van der Waals surface area contributed by atoms with Gasteiger partial charge >= 0.3 is 0 Å². The molecule has 0 spiro atoms. The van der Waals surface area contributed by atoms with E-state index in [1.54, 1.807) is 6.20 Å². The number of rotatable bonds is 6. The lowest BCUT2D eigenvalue weighted by molar-refractivity contribution is 0.575. The lowest BCUT2D eigenvalue weighted by atomic mass is 10.2. The van der Waals surface area contributed by atoms with Crippen molar-refractivity contribution >= 4 is 21.4 Å². The van der Waals surface area contributed by atoms with Crippen molar-refractivity contribution in [3.8, 4) is 0 Å². The highest BCUT2D eigenvalue weighted by Gasteiger charge is 2.18. The lowest BCUT2D eigenvalue weighted by Crippen LogP contribution is -2.27. The average Bonchev–Trinajstić information content (AvgIpc) is 3.06. The zero-order valence-corrected chi connectivity index (χ0v) is 12.1. The minimum atomic E-state index is -3.50. The molecule has 0 radical (unpaired) electrons. The van der Waals surface area contributed by atoms with E-state index in [1.807, 2.05) is 12.3 Å². The van der Waals surface area contributed by atoms with Gasteiger partial charge in [-0.15, -0.1) is 11.3 Å². The third-order valence-electron chi connectivity index (χ3n) is 2.70. The minimum absolute atomic E-state index is 0.0442. The van der Waals surface area contributed by atoms with Crippen LogP contribution in [0.1, 0.15) is 23.5 Å². The molecular formula is C11H16N4O2S2. The molecule has 4 N–H and O–H groups in total. The molecule has 0 aliphatic rings. The van der Waals surface area contributed by atoms with Crippen LogP contribution in [0.25, 0.3) is 0 Å². The Hall–Kier alpha value is -1.22. The summed E-state index contributed by atoms with van der Waals surface area (Å²) >= 11 is 1.52. The van der Waals surface area contributed by atoms with Gasteiger partial charge in [0.1, 0.15) is 0 Å².